The van der Waals surface area contributed by atoms with Gasteiger partial charge in [-0.2, -0.15) is 0 Å². The minimum Gasteiger partial charge on any atom is -0.383 e. The molecule has 1 nitrogen and oxygen atoms in total. The van der Waals surface area contributed by atoms with Gasteiger partial charge in [0.25, 0.3) is 0 Å². The Kier molecular flexibility index (Phi) is 3.85. The second-order valence-corrected chi connectivity index (χ2v) is 4.53. The topological polar surface area (TPSA) is 20.2 Å². The first kappa shape index (κ1) is 13.3. The lowest BCUT2D eigenvalue weighted by Gasteiger charge is -2.13. The maximum absolute atomic E-state index is 13.5. The van der Waals surface area contributed by atoms with Crippen molar-refractivity contribution in [3.8, 4) is 0 Å². The molecule has 0 heterocycles. The average molecular weight is 289 g/mol. The van der Waals surface area contributed by atoms with Gasteiger partial charge in [-0.15, -0.1) is 0 Å². The summed E-state index contributed by atoms with van der Waals surface area (Å²) in [5.41, 5.74) is -0.135. The van der Waals surface area contributed by atoms with Gasteiger partial charge in [-0.3, -0.25) is 0 Å². The van der Waals surface area contributed by atoms with Gasteiger partial charge in [0.1, 0.15) is 17.7 Å². The van der Waals surface area contributed by atoms with Crippen molar-refractivity contribution in [2.24, 2.45) is 0 Å². The molecule has 94 valence electrons. The predicted octanol–water partition coefficient (Wildman–Crippen LogP) is 4.35. The van der Waals surface area contributed by atoms with Crippen molar-refractivity contribution in [2.45, 2.75) is 6.10 Å². The highest BCUT2D eigenvalue weighted by Gasteiger charge is 2.20. The van der Waals surface area contributed by atoms with E-state index in [0.717, 1.165) is 12.1 Å². The van der Waals surface area contributed by atoms with E-state index in [1.54, 1.807) is 0 Å². The summed E-state index contributed by atoms with van der Waals surface area (Å²) in [4.78, 5) is 0. The molecule has 0 spiro atoms. The van der Waals surface area contributed by atoms with E-state index in [9.17, 15) is 13.9 Å². The Morgan fingerprint density at radius 3 is 2.11 bits per heavy atom. The summed E-state index contributed by atoms with van der Waals surface area (Å²) >= 11 is 11.5. The molecule has 2 aromatic carbocycles. The Bertz CT molecular complexity index is 567. The molecule has 1 N–H and O–H groups in total. The number of rotatable bonds is 2. The average Bonchev–Trinajstić information content (AvgIpc) is 2.32. The van der Waals surface area contributed by atoms with Gasteiger partial charge in [0.15, 0.2) is 0 Å². The Labute approximate surface area is 113 Å². The Morgan fingerprint density at radius 2 is 1.56 bits per heavy atom. The number of halogens is 4. The van der Waals surface area contributed by atoms with Crippen molar-refractivity contribution in [3.05, 3.63) is 69.2 Å². The standard InChI is InChI=1S/C13H8Cl2F2O/c14-8-5-4-7(6-9(8)15)13(18)12-10(16)2-1-3-11(12)17/h1-6,13,18H. The zero-order valence-electron chi connectivity index (χ0n) is 9.00. The minimum absolute atomic E-state index is 0.213. The molecule has 0 fully saturated rings. The first-order valence-corrected chi connectivity index (χ1v) is 5.83. The molecule has 1 atom stereocenters. The van der Waals surface area contributed by atoms with Crippen molar-refractivity contribution >= 4 is 23.2 Å². The number of benzene rings is 2. The van der Waals surface area contributed by atoms with Gasteiger partial charge in [0.2, 0.25) is 0 Å². The molecular formula is C13H8Cl2F2O. The summed E-state index contributed by atoms with van der Waals surface area (Å²) in [6.07, 6.45) is -1.43. The summed E-state index contributed by atoms with van der Waals surface area (Å²) in [7, 11) is 0. The summed E-state index contributed by atoms with van der Waals surface area (Å²) in [5.74, 6) is -1.62. The molecule has 0 saturated heterocycles. The van der Waals surface area contributed by atoms with Crippen molar-refractivity contribution < 1.29 is 13.9 Å². The molecule has 2 aromatic rings. The molecule has 18 heavy (non-hydrogen) atoms. The van der Waals surface area contributed by atoms with Crippen LogP contribution in [0.4, 0.5) is 8.78 Å². The molecule has 0 radical (unpaired) electrons. The molecule has 0 aliphatic heterocycles. The van der Waals surface area contributed by atoms with E-state index in [0.29, 0.717) is 5.02 Å². The monoisotopic (exact) mass is 288 g/mol. The van der Waals surface area contributed by atoms with Crippen LogP contribution in [-0.4, -0.2) is 5.11 Å². The van der Waals surface area contributed by atoms with Crippen molar-refractivity contribution in [3.63, 3.8) is 0 Å². The van der Waals surface area contributed by atoms with Crippen LogP contribution in [0.25, 0.3) is 0 Å². The first-order valence-electron chi connectivity index (χ1n) is 5.07. The van der Waals surface area contributed by atoms with Gasteiger partial charge in [0.05, 0.1) is 15.6 Å². The van der Waals surface area contributed by atoms with Crippen LogP contribution in [0.1, 0.15) is 17.2 Å². The number of hydrogen-bond donors (Lipinski definition) is 1. The van der Waals surface area contributed by atoms with Gasteiger partial charge in [-0.25, -0.2) is 8.78 Å². The van der Waals surface area contributed by atoms with E-state index in [-0.39, 0.29) is 10.6 Å². The Balaban J connectivity index is 2.48. The molecular weight excluding hydrogens is 281 g/mol. The van der Waals surface area contributed by atoms with Gasteiger partial charge in [0, 0.05) is 0 Å². The van der Waals surface area contributed by atoms with E-state index >= 15 is 0 Å². The van der Waals surface area contributed by atoms with Crippen LogP contribution in [0.5, 0.6) is 0 Å². The van der Waals surface area contributed by atoms with E-state index in [2.05, 4.69) is 0 Å². The van der Waals surface area contributed by atoms with Crippen LogP contribution >= 0.6 is 23.2 Å². The second kappa shape index (κ2) is 5.22. The van der Waals surface area contributed by atoms with Crippen LogP contribution in [0.15, 0.2) is 36.4 Å². The van der Waals surface area contributed by atoms with E-state index in [4.69, 9.17) is 23.2 Å². The molecule has 1 unspecified atom stereocenters. The first-order chi connectivity index (χ1) is 8.50. The third kappa shape index (κ3) is 2.48. The lowest BCUT2D eigenvalue weighted by Crippen LogP contribution is -2.05. The summed E-state index contributed by atoms with van der Waals surface area (Å²) in [6.45, 7) is 0. The normalized spacial score (nSPS) is 12.5. The number of hydrogen-bond acceptors (Lipinski definition) is 1. The fourth-order valence-corrected chi connectivity index (χ4v) is 1.93. The van der Waals surface area contributed by atoms with Crippen molar-refractivity contribution in [1.29, 1.82) is 0 Å². The van der Waals surface area contributed by atoms with Crippen LogP contribution < -0.4 is 0 Å². The highest BCUT2D eigenvalue weighted by atomic mass is 35.5. The van der Waals surface area contributed by atoms with E-state index in [1.807, 2.05) is 0 Å². The maximum Gasteiger partial charge on any atom is 0.132 e. The molecule has 0 saturated carbocycles. The Hall–Kier alpha value is -1.16. The van der Waals surface area contributed by atoms with Crippen LogP contribution in [0.3, 0.4) is 0 Å². The molecule has 0 amide bonds. The molecule has 0 bridgehead atoms. The molecule has 0 aromatic heterocycles. The minimum atomic E-state index is -1.43. The number of aliphatic hydroxyl groups is 1. The fourth-order valence-electron chi connectivity index (χ4n) is 1.62. The molecule has 2 rings (SSSR count). The quantitative estimate of drug-likeness (QED) is 0.871. The van der Waals surface area contributed by atoms with Gasteiger partial charge < -0.3 is 5.11 Å². The molecule has 5 heteroatoms. The summed E-state index contributed by atoms with van der Waals surface area (Å²) < 4.78 is 27.0. The van der Waals surface area contributed by atoms with Crippen LogP contribution in [0, 0.1) is 11.6 Å². The van der Waals surface area contributed by atoms with Gasteiger partial charge in [-0.05, 0) is 29.8 Å². The zero-order chi connectivity index (χ0) is 13.3. The lowest BCUT2D eigenvalue weighted by atomic mass is 10.0. The number of aliphatic hydroxyl groups excluding tert-OH is 1. The summed E-state index contributed by atoms with van der Waals surface area (Å²) in [6, 6.07) is 7.69. The fraction of sp³-hybridized carbons (Fsp3) is 0.0769. The van der Waals surface area contributed by atoms with Crippen LogP contribution in [-0.2, 0) is 0 Å². The largest absolute Gasteiger partial charge is 0.383 e. The zero-order valence-corrected chi connectivity index (χ0v) is 10.5. The third-order valence-corrected chi connectivity index (χ3v) is 3.27. The Morgan fingerprint density at radius 1 is 0.944 bits per heavy atom. The van der Waals surface area contributed by atoms with E-state index in [1.165, 1.54) is 24.3 Å². The SMILES string of the molecule is OC(c1ccc(Cl)c(Cl)c1)c1c(F)cccc1F. The van der Waals surface area contributed by atoms with Crippen LogP contribution in [0.2, 0.25) is 10.0 Å². The second-order valence-electron chi connectivity index (χ2n) is 3.71. The van der Waals surface area contributed by atoms with Gasteiger partial charge in [-0.1, -0.05) is 35.3 Å². The maximum atomic E-state index is 13.5. The summed E-state index contributed by atoms with van der Waals surface area (Å²) in [5, 5.41) is 10.5. The highest BCUT2D eigenvalue weighted by Crippen LogP contribution is 2.31. The van der Waals surface area contributed by atoms with Crippen molar-refractivity contribution in [2.75, 3.05) is 0 Å². The highest BCUT2D eigenvalue weighted by molar-refractivity contribution is 6.42. The predicted molar refractivity (Wildman–Crippen MR) is 66.9 cm³/mol. The molecule has 0 aliphatic carbocycles. The van der Waals surface area contributed by atoms with Crippen molar-refractivity contribution in [1.82, 2.24) is 0 Å². The molecule has 0 aliphatic rings. The smallest absolute Gasteiger partial charge is 0.132 e. The van der Waals surface area contributed by atoms with Gasteiger partial charge >= 0.3 is 0 Å². The third-order valence-electron chi connectivity index (χ3n) is 2.53. The van der Waals surface area contributed by atoms with E-state index < -0.39 is 23.3 Å². The lowest BCUT2D eigenvalue weighted by molar-refractivity contribution is 0.209.